The minimum absolute atomic E-state index is 0.0496. The Hall–Kier alpha value is -1.21. The van der Waals surface area contributed by atoms with Crippen LogP contribution in [0.15, 0.2) is 18.2 Å². The van der Waals surface area contributed by atoms with Crippen molar-refractivity contribution in [3.05, 3.63) is 23.2 Å². The molecule has 0 radical (unpaired) electrons. The standard InChI is InChI=1S/C15H18ClN3O2S/c1-9-6-19(7-10(2)21-9)8-14(20)18-15-17-12-5-11(16)3-4-13(12)22-15/h3-5,9-10H,6-8H2,1-2H3,(H,17,18,20)/t9-,10+. The van der Waals surface area contributed by atoms with Crippen LogP contribution < -0.4 is 5.32 Å². The molecule has 2 heterocycles. The van der Waals surface area contributed by atoms with E-state index in [9.17, 15) is 4.79 Å². The van der Waals surface area contributed by atoms with Crippen LogP contribution in [0, 0.1) is 0 Å². The lowest BCUT2D eigenvalue weighted by atomic mass is 10.2. The largest absolute Gasteiger partial charge is 0.373 e. The molecule has 1 N–H and O–H groups in total. The van der Waals surface area contributed by atoms with Crippen molar-refractivity contribution in [2.24, 2.45) is 0 Å². The van der Waals surface area contributed by atoms with Crippen molar-refractivity contribution < 1.29 is 9.53 Å². The summed E-state index contributed by atoms with van der Waals surface area (Å²) in [5.74, 6) is -0.0496. The molecule has 1 aliphatic heterocycles. The second kappa shape index (κ2) is 6.50. The molecule has 0 unspecified atom stereocenters. The minimum Gasteiger partial charge on any atom is -0.373 e. The number of ether oxygens (including phenoxy) is 1. The van der Waals surface area contributed by atoms with Gasteiger partial charge >= 0.3 is 0 Å². The van der Waals surface area contributed by atoms with Crippen LogP contribution in [-0.4, -0.2) is 47.6 Å². The summed E-state index contributed by atoms with van der Waals surface area (Å²) in [6.45, 7) is 5.95. The molecule has 1 aromatic carbocycles. The molecule has 0 spiro atoms. The highest BCUT2D eigenvalue weighted by Crippen LogP contribution is 2.28. The second-order valence-electron chi connectivity index (χ2n) is 5.63. The number of benzene rings is 1. The lowest BCUT2D eigenvalue weighted by molar-refractivity contribution is -0.121. The number of anilines is 1. The number of morpholine rings is 1. The first-order chi connectivity index (χ1) is 10.5. The van der Waals surface area contributed by atoms with Gasteiger partial charge < -0.3 is 10.1 Å². The Labute approximate surface area is 138 Å². The SMILES string of the molecule is C[C@@H]1CN(CC(=O)Nc2nc3cc(Cl)ccc3s2)C[C@H](C)O1. The Morgan fingerprint density at radius 3 is 2.91 bits per heavy atom. The van der Waals surface area contributed by atoms with E-state index in [0.29, 0.717) is 16.7 Å². The first-order valence-corrected chi connectivity index (χ1v) is 8.43. The van der Waals surface area contributed by atoms with Gasteiger partial charge in [0.05, 0.1) is 29.0 Å². The zero-order valence-corrected chi connectivity index (χ0v) is 14.1. The number of amides is 1. The third kappa shape index (κ3) is 3.76. The average molecular weight is 340 g/mol. The zero-order chi connectivity index (χ0) is 15.7. The normalized spacial score (nSPS) is 22.9. The van der Waals surface area contributed by atoms with Gasteiger partial charge in [-0.05, 0) is 32.0 Å². The molecule has 1 fully saturated rings. The highest BCUT2D eigenvalue weighted by atomic mass is 35.5. The summed E-state index contributed by atoms with van der Waals surface area (Å²) >= 11 is 7.40. The topological polar surface area (TPSA) is 54.5 Å². The molecule has 0 bridgehead atoms. The van der Waals surface area contributed by atoms with Crippen molar-refractivity contribution in [2.45, 2.75) is 26.1 Å². The summed E-state index contributed by atoms with van der Waals surface area (Å²) in [5, 5.41) is 4.12. The van der Waals surface area contributed by atoms with E-state index in [1.54, 1.807) is 6.07 Å². The Morgan fingerprint density at radius 1 is 1.45 bits per heavy atom. The van der Waals surface area contributed by atoms with E-state index in [4.69, 9.17) is 16.3 Å². The predicted molar refractivity (Wildman–Crippen MR) is 89.7 cm³/mol. The zero-order valence-electron chi connectivity index (χ0n) is 12.5. The van der Waals surface area contributed by atoms with Gasteiger partial charge in [-0.1, -0.05) is 22.9 Å². The number of fused-ring (bicyclic) bond motifs is 1. The summed E-state index contributed by atoms with van der Waals surface area (Å²) in [4.78, 5) is 18.7. The Kier molecular flexibility index (Phi) is 4.63. The first kappa shape index (κ1) is 15.7. The number of rotatable bonds is 3. The number of hydrogen-bond acceptors (Lipinski definition) is 5. The van der Waals surface area contributed by atoms with Gasteiger partial charge in [0.2, 0.25) is 5.91 Å². The molecule has 22 heavy (non-hydrogen) atoms. The van der Waals surface area contributed by atoms with Crippen LogP contribution in [0.2, 0.25) is 5.02 Å². The summed E-state index contributed by atoms with van der Waals surface area (Å²) in [6.07, 6.45) is 0.308. The van der Waals surface area contributed by atoms with Crippen LogP contribution in [0.3, 0.4) is 0 Å². The van der Waals surface area contributed by atoms with Crippen molar-refractivity contribution in [3.63, 3.8) is 0 Å². The summed E-state index contributed by atoms with van der Waals surface area (Å²) in [6, 6.07) is 5.54. The van der Waals surface area contributed by atoms with E-state index in [1.165, 1.54) is 11.3 Å². The maximum Gasteiger partial charge on any atom is 0.240 e. The predicted octanol–water partition coefficient (Wildman–Crippen LogP) is 3.00. The molecule has 1 amide bonds. The van der Waals surface area contributed by atoms with Crippen molar-refractivity contribution in [1.29, 1.82) is 0 Å². The van der Waals surface area contributed by atoms with Crippen LogP contribution in [0.4, 0.5) is 5.13 Å². The number of halogens is 1. The number of aromatic nitrogens is 1. The van der Waals surface area contributed by atoms with Gasteiger partial charge in [-0.3, -0.25) is 9.69 Å². The van der Waals surface area contributed by atoms with Gasteiger partial charge in [0.15, 0.2) is 5.13 Å². The van der Waals surface area contributed by atoms with Crippen LogP contribution in [-0.2, 0) is 9.53 Å². The molecule has 0 aliphatic carbocycles. The molecule has 3 rings (SSSR count). The fourth-order valence-corrected chi connectivity index (χ4v) is 3.76. The van der Waals surface area contributed by atoms with Gasteiger partial charge in [-0.2, -0.15) is 0 Å². The molecular weight excluding hydrogens is 322 g/mol. The average Bonchev–Trinajstić information content (AvgIpc) is 2.78. The molecule has 1 saturated heterocycles. The second-order valence-corrected chi connectivity index (χ2v) is 7.10. The van der Waals surface area contributed by atoms with Crippen LogP contribution in [0.1, 0.15) is 13.8 Å². The highest BCUT2D eigenvalue weighted by Gasteiger charge is 2.23. The molecule has 2 atom stereocenters. The number of carbonyl (C=O) groups excluding carboxylic acids is 1. The van der Waals surface area contributed by atoms with Gasteiger partial charge in [-0.25, -0.2) is 4.98 Å². The number of thiazole rings is 1. The van der Waals surface area contributed by atoms with E-state index >= 15 is 0 Å². The third-order valence-corrected chi connectivity index (χ3v) is 4.65. The number of carbonyl (C=O) groups is 1. The first-order valence-electron chi connectivity index (χ1n) is 7.23. The maximum atomic E-state index is 12.2. The van der Waals surface area contributed by atoms with Crippen LogP contribution >= 0.6 is 22.9 Å². The van der Waals surface area contributed by atoms with Gasteiger partial charge in [0, 0.05) is 18.1 Å². The van der Waals surface area contributed by atoms with E-state index in [-0.39, 0.29) is 18.1 Å². The maximum absolute atomic E-state index is 12.2. The Morgan fingerprint density at radius 2 is 2.18 bits per heavy atom. The quantitative estimate of drug-likeness (QED) is 0.934. The fraction of sp³-hybridized carbons (Fsp3) is 0.467. The molecular formula is C15H18ClN3O2S. The molecule has 0 saturated carbocycles. The smallest absolute Gasteiger partial charge is 0.240 e. The molecule has 1 aromatic heterocycles. The van der Waals surface area contributed by atoms with Crippen LogP contribution in [0.5, 0.6) is 0 Å². The summed E-state index contributed by atoms with van der Waals surface area (Å²) in [5.41, 5.74) is 0.807. The fourth-order valence-electron chi connectivity index (χ4n) is 2.73. The van der Waals surface area contributed by atoms with Crippen molar-refractivity contribution in [3.8, 4) is 0 Å². The van der Waals surface area contributed by atoms with E-state index < -0.39 is 0 Å². The number of nitrogens with one attached hydrogen (secondary N) is 1. The van der Waals surface area contributed by atoms with Crippen molar-refractivity contribution >= 4 is 44.2 Å². The van der Waals surface area contributed by atoms with E-state index in [2.05, 4.69) is 15.2 Å². The van der Waals surface area contributed by atoms with Gasteiger partial charge in [-0.15, -0.1) is 0 Å². The lowest BCUT2D eigenvalue weighted by Gasteiger charge is -2.34. The molecule has 7 heteroatoms. The molecule has 5 nitrogen and oxygen atoms in total. The Bertz CT molecular complexity index is 680. The highest BCUT2D eigenvalue weighted by molar-refractivity contribution is 7.22. The monoisotopic (exact) mass is 339 g/mol. The number of nitrogens with zero attached hydrogens (tertiary/aromatic N) is 2. The van der Waals surface area contributed by atoms with Crippen LogP contribution in [0.25, 0.3) is 10.2 Å². The third-order valence-electron chi connectivity index (χ3n) is 3.46. The molecule has 118 valence electrons. The summed E-state index contributed by atoms with van der Waals surface area (Å²) in [7, 11) is 0. The Balaban J connectivity index is 1.63. The molecule has 1 aliphatic rings. The van der Waals surface area contributed by atoms with E-state index in [0.717, 1.165) is 23.3 Å². The summed E-state index contributed by atoms with van der Waals surface area (Å²) < 4.78 is 6.68. The number of hydrogen-bond donors (Lipinski definition) is 1. The van der Waals surface area contributed by atoms with Crippen molar-refractivity contribution in [2.75, 3.05) is 25.0 Å². The minimum atomic E-state index is -0.0496. The lowest BCUT2D eigenvalue weighted by Crippen LogP contribution is -2.48. The molecule has 2 aromatic rings. The van der Waals surface area contributed by atoms with E-state index in [1.807, 2.05) is 26.0 Å². The van der Waals surface area contributed by atoms with Gasteiger partial charge in [0.1, 0.15) is 0 Å². The van der Waals surface area contributed by atoms with Crippen molar-refractivity contribution in [1.82, 2.24) is 9.88 Å². The van der Waals surface area contributed by atoms with Gasteiger partial charge in [0.25, 0.3) is 0 Å².